The zero-order chi connectivity index (χ0) is 38.1. The molecule has 0 aliphatic carbocycles. The van der Waals surface area contributed by atoms with Gasteiger partial charge in [-0.2, -0.15) is 8.78 Å². The van der Waals surface area contributed by atoms with Crippen molar-refractivity contribution in [3.8, 4) is 0 Å². The molecule has 6 nitrogen and oxygen atoms in total. The van der Waals surface area contributed by atoms with Gasteiger partial charge < -0.3 is 9.11 Å². The predicted molar refractivity (Wildman–Crippen MR) is 194 cm³/mol. The monoisotopic (exact) mass is 866 g/mol. The first-order valence-electron chi connectivity index (χ1n) is 15.7. The van der Waals surface area contributed by atoms with Gasteiger partial charge in [0.1, 0.15) is 0 Å². The van der Waals surface area contributed by atoms with E-state index in [0.717, 1.165) is 0 Å². The van der Waals surface area contributed by atoms with E-state index in [0.29, 0.717) is 0 Å². The summed E-state index contributed by atoms with van der Waals surface area (Å²) in [6, 6.07) is 50.6. The summed E-state index contributed by atoms with van der Waals surface area (Å²) in [5, 5.41) is 0. The highest BCUT2D eigenvalue weighted by atomic mass is 127. The van der Waals surface area contributed by atoms with Gasteiger partial charge in [0.05, 0.1) is 10.9 Å². The van der Waals surface area contributed by atoms with Crippen molar-refractivity contribution in [2.45, 2.75) is 71.6 Å². The van der Waals surface area contributed by atoms with Gasteiger partial charge in [-0.15, -0.1) is 0 Å². The van der Waals surface area contributed by atoms with E-state index in [1.165, 1.54) is 33.0 Å². The highest BCUT2D eigenvalue weighted by molar-refractivity contribution is 8.04. The highest BCUT2D eigenvalue weighted by Gasteiger charge is 2.45. The number of rotatable bonds is 7. The van der Waals surface area contributed by atoms with Crippen molar-refractivity contribution < 1.29 is 55.9 Å². The van der Waals surface area contributed by atoms with E-state index in [9.17, 15) is 34.7 Å². The Hall–Kier alpha value is -3.14. The van der Waals surface area contributed by atoms with Crippen LogP contribution in [-0.2, 0) is 42.0 Å². The Labute approximate surface area is 314 Å². The Balaban J connectivity index is 0.000000217. The van der Waals surface area contributed by atoms with Gasteiger partial charge in [0.25, 0.3) is 0 Å². The summed E-state index contributed by atoms with van der Waals surface area (Å²) in [6.07, 6.45) is 0. The summed E-state index contributed by atoms with van der Waals surface area (Å²) in [4.78, 5) is 4.08. The molecule has 0 bridgehead atoms. The largest absolute Gasteiger partial charge is 0.743 e. The van der Waals surface area contributed by atoms with Crippen LogP contribution in [0.25, 0.3) is 0 Å². The lowest BCUT2D eigenvalue weighted by Crippen LogP contribution is -3.61. The Morgan fingerprint density at radius 2 is 0.725 bits per heavy atom. The van der Waals surface area contributed by atoms with Crippen molar-refractivity contribution in [1.29, 1.82) is 0 Å². The van der Waals surface area contributed by atoms with Gasteiger partial charge in [-0.1, -0.05) is 120 Å². The van der Waals surface area contributed by atoms with Crippen LogP contribution in [-0.4, -0.2) is 30.5 Å². The number of benzene rings is 5. The molecule has 0 aromatic heterocycles. The molecule has 0 atom stereocenters. The van der Waals surface area contributed by atoms with Crippen molar-refractivity contribution >= 4 is 31.1 Å². The molecule has 0 fully saturated rings. The number of hydrogen-bond donors (Lipinski definition) is 0. The molecule has 0 unspecified atom stereocenters. The fraction of sp³-hybridized carbons (Fsp3) is 0.231. The van der Waals surface area contributed by atoms with Crippen LogP contribution in [0.3, 0.4) is 0 Å². The van der Waals surface area contributed by atoms with Crippen LogP contribution in [0.4, 0.5) is 8.78 Å². The summed E-state index contributed by atoms with van der Waals surface area (Å²) >= 11 is -0.0703. The second-order valence-corrected chi connectivity index (χ2v) is 21.4. The van der Waals surface area contributed by atoms with Gasteiger partial charge in [-0.3, -0.25) is 0 Å². The smallest absolute Gasteiger partial charge is 0.422 e. The van der Waals surface area contributed by atoms with Crippen LogP contribution < -0.4 is 21.2 Å². The minimum Gasteiger partial charge on any atom is -0.743 e. The maximum Gasteiger partial charge on any atom is 0.422 e. The second kappa shape index (κ2) is 17.6. The van der Waals surface area contributed by atoms with E-state index >= 15 is 0 Å². The summed E-state index contributed by atoms with van der Waals surface area (Å²) in [5.74, 6) is 0. The van der Waals surface area contributed by atoms with Crippen LogP contribution >= 0.6 is 0 Å². The molecular formula is C39H41F2IO6S3. The average Bonchev–Trinajstić information content (AvgIpc) is 3.06. The summed E-state index contributed by atoms with van der Waals surface area (Å²) in [5.41, 5.74) is 3.31. The third-order valence-electron chi connectivity index (χ3n) is 7.16. The fourth-order valence-electron chi connectivity index (χ4n) is 4.35. The zero-order valence-electron chi connectivity index (χ0n) is 29.1. The molecule has 5 aromatic carbocycles. The average molecular weight is 867 g/mol. The van der Waals surface area contributed by atoms with E-state index in [-0.39, 0.29) is 42.9 Å². The van der Waals surface area contributed by atoms with Gasteiger partial charge in [0, 0.05) is 0 Å². The van der Waals surface area contributed by atoms with Crippen molar-refractivity contribution in [3.63, 3.8) is 0 Å². The lowest BCUT2D eigenvalue weighted by Gasteiger charge is -2.21. The molecule has 5 aromatic rings. The van der Waals surface area contributed by atoms with Gasteiger partial charge in [0.15, 0.2) is 42.1 Å². The zero-order valence-corrected chi connectivity index (χ0v) is 33.7. The molecule has 5 rings (SSSR count). The topological polar surface area (TPSA) is 114 Å². The first-order chi connectivity index (χ1) is 23.6. The molecule has 0 saturated heterocycles. The van der Waals surface area contributed by atoms with E-state index < -0.39 is 24.8 Å². The second-order valence-electron chi connectivity index (χ2n) is 13.2. The molecule has 0 radical (unpaired) electrons. The van der Waals surface area contributed by atoms with Gasteiger partial charge in [-0.05, 0) is 82.6 Å². The molecule has 0 saturated carbocycles. The first kappa shape index (κ1) is 42.3. The van der Waals surface area contributed by atoms with E-state index in [1.807, 2.05) is 0 Å². The van der Waals surface area contributed by atoms with E-state index in [1.54, 1.807) is 0 Å². The van der Waals surface area contributed by atoms with Gasteiger partial charge in [-0.25, -0.2) is 16.8 Å². The summed E-state index contributed by atoms with van der Waals surface area (Å²) < 4.78 is 77.0. The van der Waals surface area contributed by atoms with Gasteiger partial charge in [0.2, 0.25) is 0 Å². The summed E-state index contributed by atoms with van der Waals surface area (Å²) in [7, 11) is -12.9. The molecule has 51 heavy (non-hydrogen) atoms. The molecule has 12 heteroatoms. The number of hydrogen-bond acceptors (Lipinski definition) is 6. The van der Waals surface area contributed by atoms with Crippen LogP contribution in [0.15, 0.2) is 154 Å². The van der Waals surface area contributed by atoms with E-state index in [4.69, 9.17) is 0 Å². The molecule has 0 heterocycles. The normalized spacial score (nSPS) is 12.3. The van der Waals surface area contributed by atoms with Crippen LogP contribution in [0, 0.1) is 7.14 Å². The van der Waals surface area contributed by atoms with Crippen molar-refractivity contribution in [2.24, 2.45) is 0 Å². The van der Waals surface area contributed by atoms with E-state index in [2.05, 4.69) is 181 Å². The Kier molecular flexibility index (Phi) is 14.6. The third kappa shape index (κ3) is 12.5. The fourth-order valence-corrected chi connectivity index (χ4v) is 9.62. The Morgan fingerprint density at radius 1 is 0.471 bits per heavy atom. The molecular weight excluding hydrogens is 826 g/mol. The lowest BCUT2D eigenvalue weighted by atomic mass is 9.87. The molecule has 0 spiro atoms. The Bertz CT molecular complexity index is 1850. The molecule has 272 valence electrons. The van der Waals surface area contributed by atoms with Crippen LogP contribution in [0.1, 0.15) is 52.7 Å². The van der Waals surface area contributed by atoms with Gasteiger partial charge >= 0.3 is 25.8 Å². The number of alkyl halides is 2. The highest BCUT2D eigenvalue weighted by Crippen LogP contribution is 2.30. The molecule has 0 N–H and O–H groups in total. The maximum absolute atomic E-state index is 11.6. The molecule has 0 amide bonds. The first-order valence-corrected chi connectivity index (χ1v) is 21.9. The van der Waals surface area contributed by atoms with Crippen LogP contribution in [0.5, 0.6) is 0 Å². The lowest BCUT2D eigenvalue weighted by molar-refractivity contribution is -0.597. The minimum atomic E-state index is -6.44. The van der Waals surface area contributed by atoms with Crippen molar-refractivity contribution in [2.75, 3.05) is 0 Å². The minimum absolute atomic E-state index is 0.0146. The third-order valence-corrected chi connectivity index (χ3v) is 14.5. The predicted octanol–water partition coefficient (Wildman–Crippen LogP) is 5.82. The SMILES string of the molecule is CC(C)(C)c1ccc([I+]c2ccc(C(C)(C)C)cc2)cc1.O=S(=O)([O-])C(F)(F)S(=O)(=O)[O-].c1ccc([S+](c2ccccc2)c2ccccc2)cc1. The van der Waals surface area contributed by atoms with Crippen molar-refractivity contribution in [1.82, 2.24) is 0 Å². The Morgan fingerprint density at radius 3 is 0.922 bits per heavy atom. The van der Waals surface area contributed by atoms with Crippen LogP contribution in [0.2, 0.25) is 0 Å². The summed E-state index contributed by atoms with van der Waals surface area (Å²) in [6.45, 7) is 13.6. The molecule has 0 aliphatic rings. The standard InChI is InChI=1S/C20H26I.C18H15S.CH2F2O6S2/c1-19(2,3)15-7-11-17(12-8-15)21-18-13-9-16(10-14-18)20(4,5)6;1-4-10-16(11-5-1)19(17-12-6-2-7-13-17)18-14-8-3-9-15-18;2-1(3,10(4,5)6)11(7,8)9/h7-14H,1-6H3;1-15H;(H,4,5,6)(H,7,8,9)/q2*+1;/p-2. The quantitative estimate of drug-likeness (QED) is 0.116. The maximum atomic E-state index is 11.6. The van der Waals surface area contributed by atoms with Crippen molar-refractivity contribution in [3.05, 3.63) is 158 Å². The molecule has 0 aliphatic heterocycles. The number of halogens is 3.